The van der Waals surface area contributed by atoms with Crippen LogP contribution in [-0.2, 0) is 0 Å². The van der Waals surface area contributed by atoms with Crippen LogP contribution in [0.3, 0.4) is 0 Å². The highest BCUT2D eigenvalue weighted by Crippen LogP contribution is 2.26. The number of hydrogen-bond donors (Lipinski definition) is 1. The Morgan fingerprint density at radius 2 is 2.17 bits per heavy atom. The number of halogens is 2. The first-order chi connectivity index (χ1) is 8.60. The monoisotopic (exact) mass is 305 g/mol. The highest BCUT2D eigenvalue weighted by atomic mass is 79.9. The van der Waals surface area contributed by atoms with Gasteiger partial charge < -0.3 is 5.32 Å². The van der Waals surface area contributed by atoms with Crippen LogP contribution >= 0.6 is 15.9 Å². The van der Waals surface area contributed by atoms with Crippen molar-refractivity contribution in [1.82, 2.24) is 4.98 Å². The third-order valence-corrected chi connectivity index (χ3v) is 3.03. The second kappa shape index (κ2) is 5.15. The second-order valence-corrected chi connectivity index (χ2v) is 4.60. The Morgan fingerprint density at radius 3 is 2.78 bits per heavy atom. The molecule has 1 heterocycles. The average Bonchev–Trinajstić information content (AvgIpc) is 2.37. The van der Waals surface area contributed by atoms with Crippen molar-refractivity contribution in [3.8, 4) is 6.07 Å². The van der Waals surface area contributed by atoms with Gasteiger partial charge in [0.15, 0.2) is 0 Å². The number of aromatic nitrogens is 1. The van der Waals surface area contributed by atoms with E-state index < -0.39 is 0 Å². The lowest BCUT2D eigenvalue weighted by Crippen LogP contribution is -1.96. The van der Waals surface area contributed by atoms with Gasteiger partial charge >= 0.3 is 0 Å². The molecule has 3 nitrogen and oxygen atoms in total. The van der Waals surface area contributed by atoms with Gasteiger partial charge in [0.05, 0.1) is 16.4 Å². The molecule has 0 bridgehead atoms. The lowest BCUT2D eigenvalue weighted by Gasteiger charge is -2.10. The number of rotatable bonds is 2. The van der Waals surface area contributed by atoms with Crippen molar-refractivity contribution >= 4 is 27.3 Å². The molecule has 0 saturated carbocycles. The smallest absolute Gasteiger partial charge is 0.140 e. The largest absolute Gasteiger partial charge is 0.354 e. The number of benzene rings is 1. The Labute approximate surface area is 112 Å². The number of hydrogen-bond acceptors (Lipinski definition) is 3. The molecule has 0 atom stereocenters. The summed E-state index contributed by atoms with van der Waals surface area (Å²) in [6.07, 6.45) is 1.54. The van der Waals surface area contributed by atoms with E-state index >= 15 is 0 Å². The van der Waals surface area contributed by atoms with Crippen LogP contribution in [0.1, 0.15) is 11.3 Å². The molecule has 0 amide bonds. The number of nitrogens with one attached hydrogen (secondary N) is 1. The minimum Gasteiger partial charge on any atom is -0.354 e. The zero-order valence-corrected chi connectivity index (χ0v) is 11.1. The molecular formula is C13H9BrFN3. The van der Waals surface area contributed by atoms with Crippen LogP contribution in [0.4, 0.5) is 15.8 Å². The van der Waals surface area contributed by atoms with Gasteiger partial charge in [-0.25, -0.2) is 9.37 Å². The molecule has 1 N–H and O–H groups in total. The fraction of sp³-hybridized carbons (Fsp3) is 0.0769. The van der Waals surface area contributed by atoms with E-state index in [-0.39, 0.29) is 5.82 Å². The Morgan fingerprint density at radius 1 is 1.39 bits per heavy atom. The van der Waals surface area contributed by atoms with E-state index in [0.717, 1.165) is 5.56 Å². The first-order valence-corrected chi connectivity index (χ1v) is 5.98. The molecule has 2 aromatic rings. The molecule has 1 aromatic heterocycles. The standard InChI is InChI=1S/C13H9BrFN3/c1-8-4-11(14)12(15)5-13(8)18-10-3-2-9(6-16)17-7-10/h2-5,7,18H,1H3. The van der Waals surface area contributed by atoms with Crippen LogP contribution < -0.4 is 5.32 Å². The maximum atomic E-state index is 13.4. The van der Waals surface area contributed by atoms with E-state index in [4.69, 9.17) is 5.26 Å². The molecule has 0 saturated heterocycles. The minimum atomic E-state index is -0.329. The van der Waals surface area contributed by atoms with Gasteiger partial charge in [0.2, 0.25) is 0 Å². The first kappa shape index (κ1) is 12.5. The van der Waals surface area contributed by atoms with Gasteiger partial charge in [-0.1, -0.05) is 0 Å². The van der Waals surface area contributed by atoms with Crippen LogP contribution in [0.15, 0.2) is 34.9 Å². The Hall–Kier alpha value is -1.93. The third-order valence-electron chi connectivity index (χ3n) is 2.42. The Kier molecular flexibility index (Phi) is 3.58. The van der Waals surface area contributed by atoms with Crippen molar-refractivity contribution in [3.63, 3.8) is 0 Å². The lowest BCUT2D eigenvalue weighted by molar-refractivity contribution is 0.621. The van der Waals surface area contributed by atoms with Crippen LogP contribution in [0, 0.1) is 24.1 Å². The molecule has 0 aliphatic heterocycles. The number of nitrogens with zero attached hydrogens (tertiary/aromatic N) is 2. The fourth-order valence-corrected chi connectivity index (χ4v) is 1.93. The SMILES string of the molecule is Cc1cc(Br)c(F)cc1Nc1ccc(C#N)nc1. The lowest BCUT2D eigenvalue weighted by atomic mass is 10.2. The third kappa shape index (κ3) is 2.66. The molecule has 18 heavy (non-hydrogen) atoms. The van der Waals surface area contributed by atoms with E-state index in [0.29, 0.717) is 21.5 Å². The van der Waals surface area contributed by atoms with Gasteiger partial charge in [-0.2, -0.15) is 5.26 Å². The zero-order chi connectivity index (χ0) is 13.1. The first-order valence-electron chi connectivity index (χ1n) is 5.19. The predicted molar refractivity (Wildman–Crippen MR) is 71.1 cm³/mol. The molecule has 0 aliphatic carbocycles. The molecule has 0 spiro atoms. The van der Waals surface area contributed by atoms with Crippen molar-refractivity contribution in [1.29, 1.82) is 5.26 Å². The van der Waals surface area contributed by atoms with Gasteiger partial charge in [-0.05, 0) is 52.7 Å². The maximum absolute atomic E-state index is 13.4. The van der Waals surface area contributed by atoms with Crippen molar-refractivity contribution in [3.05, 3.63) is 52.0 Å². The van der Waals surface area contributed by atoms with Gasteiger partial charge in [-0.3, -0.25) is 0 Å². The molecule has 2 rings (SSSR count). The van der Waals surface area contributed by atoms with Crippen LogP contribution in [-0.4, -0.2) is 4.98 Å². The molecule has 0 aliphatic rings. The molecule has 0 radical (unpaired) electrons. The van der Waals surface area contributed by atoms with Crippen molar-refractivity contribution in [2.45, 2.75) is 6.92 Å². The summed E-state index contributed by atoms with van der Waals surface area (Å²) in [7, 11) is 0. The Bertz CT molecular complexity index is 617. The number of anilines is 2. The van der Waals surface area contributed by atoms with Crippen LogP contribution in [0.25, 0.3) is 0 Å². The summed E-state index contributed by atoms with van der Waals surface area (Å²) in [5.74, 6) is -0.329. The number of pyridine rings is 1. The van der Waals surface area contributed by atoms with Crippen molar-refractivity contribution < 1.29 is 4.39 Å². The minimum absolute atomic E-state index is 0.329. The van der Waals surface area contributed by atoms with Gasteiger partial charge in [0.1, 0.15) is 17.6 Å². The molecule has 90 valence electrons. The summed E-state index contributed by atoms with van der Waals surface area (Å²) in [6.45, 7) is 1.88. The summed E-state index contributed by atoms with van der Waals surface area (Å²) < 4.78 is 13.9. The van der Waals surface area contributed by atoms with Gasteiger partial charge in [-0.15, -0.1) is 0 Å². The summed E-state index contributed by atoms with van der Waals surface area (Å²) in [4.78, 5) is 3.94. The van der Waals surface area contributed by atoms with E-state index in [2.05, 4.69) is 26.2 Å². The summed E-state index contributed by atoms with van der Waals surface area (Å²) in [6, 6.07) is 8.39. The molecule has 1 aromatic carbocycles. The summed E-state index contributed by atoms with van der Waals surface area (Å²) in [5.41, 5.74) is 2.63. The normalized spacial score (nSPS) is 9.89. The number of nitriles is 1. The van der Waals surface area contributed by atoms with Crippen molar-refractivity contribution in [2.24, 2.45) is 0 Å². The van der Waals surface area contributed by atoms with Gasteiger partial charge in [0.25, 0.3) is 0 Å². The zero-order valence-electron chi connectivity index (χ0n) is 9.54. The molecular weight excluding hydrogens is 297 g/mol. The number of aryl methyl sites for hydroxylation is 1. The van der Waals surface area contributed by atoms with Crippen molar-refractivity contribution in [2.75, 3.05) is 5.32 Å². The summed E-state index contributed by atoms with van der Waals surface area (Å²) >= 11 is 3.13. The van der Waals surface area contributed by atoms with E-state index in [1.807, 2.05) is 13.0 Å². The van der Waals surface area contributed by atoms with Gasteiger partial charge in [0, 0.05) is 5.69 Å². The fourth-order valence-electron chi connectivity index (χ4n) is 1.47. The van der Waals surface area contributed by atoms with E-state index in [9.17, 15) is 4.39 Å². The molecule has 0 unspecified atom stereocenters. The van der Waals surface area contributed by atoms with Crippen LogP contribution in [0.5, 0.6) is 0 Å². The maximum Gasteiger partial charge on any atom is 0.140 e. The van der Waals surface area contributed by atoms with E-state index in [1.54, 1.807) is 18.2 Å². The van der Waals surface area contributed by atoms with E-state index in [1.165, 1.54) is 12.3 Å². The quantitative estimate of drug-likeness (QED) is 0.915. The molecule has 5 heteroatoms. The highest BCUT2D eigenvalue weighted by Gasteiger charge is 2.05. The average molecular weight is 306 g/mol. The van der Waals surface area contributed by atoms with Crippen LogP contribution in [0.2, 0.25) is 0 Å². The second-order valence-electron chi connectivity index (χ2n) is 3.75. The molecule has 0 fully saturated rings. The highest BCUT2D eigenvalue weighted by molar-refractivity contribution is 9.10. The topological polar surface area (TPSA) is 48.7 Å². The predicted octanol–water partition coefficient (Wildman–Crippen LogP) is 3.91. The Balaban J connectivity index is 2.28. The summed E-state index contributed by atoms with van der Waals surface area (Å²) in [5, 5.41) is 11.7.